The lowest BCUT2D eigenvalue weighted by molar-refractivity contribution is -0.387. The van der Waals surface area contributed by atoms with Gasteiger partial charge in [-0.1, -0.05) is 0 Å². The molecule has 5 nitrogen and oxygen atoms in total. The number of halogens is 2. The Morgan fingerprint density at radius 2 is 2.21 bits per heavy atom. The number of nitrogens with zero attached hydrogens (tertiary/aromatic N) is 1. The number of benzene rings is 1. The van der Waals surface area contributed by atoms with Crippen molar-refractivity contribution in [3.05, 3.63) is 34.1 Å². The number of nitrogens with one attached hydrogen (secondary N) is 1. The zero-order valence-corrected chi connectivity index (χ0v) is 7.42. The number of rotatable bonds is 2. The number of anilines is 1. The molecule has 0 heterocycles. The summed E-state index contributed by atoms with van der Waals surface area (Å²) >= 11 is 4.96. The van der Waals surface area contributed by atoms with E-state index in [1.165, 1.54) is 6.07 Å². The van der Waals surface area contributed by atoms with Gasteiger partial charge in [0.15, 0.2) is 0 Å². The number of hydrogen-bond donors (Lipinski definition) is 1. The summed E-state index contributed by atoms with van der Waals surface area (Å²) in [6.07, 6.45) is 0. The molecule has 1 N–H and O–H groups in total. The van der Waals surface area contributed by atoms with Crippen molar-refractivity contribution in [2.75, 3.05) is 5.32 Å². The van der Waals surface area contributed by atoms with Crippen molar-refractivity contribution >= 4 is 28.3 Å². The second kappa shape index (κ2) is 4.01. The molecule has 1 aromatic carbocycles. The number of carbonyl (C=O) groups excluding carboxylic acids is 1. The summed E-state index contributed by atoms with van der Waals surface area (Å²) in [4.78, 5) is 19.7. The largest absolute Gasteiger partial charge is 0.318 e. The molecule has 0 bridgehead atoms. The lowest BCUT2D eigenvalue weighted by Gasteiger charge is -2.00. The van der Waals surface area contributed by atoms with Crippen LogP contribution in [0.4, 0.5) is 20.6 Å². The monoisotopic (exact) mass is 218 g/mol. The zero-order chi connectivity index (χ0) is 10.7. The Morgan fingerprint density at radius 3 is 2.64 bits per heavy atom. The molecule has 0 saturated carbocycles. The smallest absolute Gasteiger partial charge is 0.312 e. The van der Waals surface area contributed by atoms with Crippen molar-refractivity contribution < 1.29 is 14.1 Å². The van der Waals surface area contributed by atoms with Crippen LogP contribution in [0.25, 0.3) is 0 Å². The molecule has 74 valence electrons. The first-order valence-electron chi connectivity index (χ1n) is 3.41. The van der Waals surface area contributed by atoms with Crippen LogP contribution in [0, 0.1) is 15.9 Å². The molecule has 1 amide bonds. The van der Waals surface area contributed by atoms with Crippen LogP contribution in [0.2, 0.25) is 0 Å². The van der Waals surface area contributed by atoms with Crippen molar-refractivity contribution in [1.82, 2.24) is 0 Å². The van der Waals surface area contributed by atoms with Gasteiger partial charge in [0, 0.05) is 17.8 Å². The lowest BCUT2D eigenvalue weighted by atomic mass is 10.3. The number of nitro groups is 1. The van der Waals surface area contributed by atoms with E-state index in [4.69, 9.17) is 11.6 Å². The fourth-order valence-corrected chi connectivity index (χ4v) is 0.955. The molecule has 1 rings (SSSR count). The Bertz CT molecular complexity index is 397. The average Bonchev–Trinajstić information content (AvgIpc) is 2.01. The van der Waals surface area contributed by atoms with E-state index in [1.807, 2.05) is 0 Å². The SMILES string of the molecule is O=C(Cl)Nc1ccc([N+](=O)[O-])c(F)c1. The molecule has 0 aliphatic heterocycles. The van der Waals surface area contributed by atoms with Gasteiger partial charge in [0.1, 0.15) is 0 Å². The van der Waals surface area contributed by atoms with Crippen molar-refractivity contribution in [2.24, 2.45) is 0 Å². The fraction of sp³-hybridized carbons (Fsp3) is 0. The van der Waals surface area contributed by atoms with Crippen LogP contribution in [0.1, 0.15) is 0 Å². The molecule has 14 heavy (non-hydrogen) atoms. The molecule has 0 aliphatic carbocycles. The van der Waals surface area contributed by atoms with Crippen LogP contribution in [0.15, 0.2) is 18.2 Å². The molecule has 0 atom stereocenters. The standard InChI is InChI=1S/C7H4ClFN2O3/c8-7(12)10-4-1-2-6(11(13)14)5(9)3-4/h1-3H,(H,10,12). The molecule has 0 unspecified atom stereocenters. The molecule has 0 saturated heterocycles. The molecule has 1 aromatic rings. The quantitative estimate of drug-likeness (QED) is 0.359. The third kappa shape index (κ3) is 2.40. The summed E-state index contributed by atoms with van der Waals surface area (Å²) in [6.45, 7) is 0. The van der Waals surface area contributed by atoms with Crippen LogP contribution in [-0.2, 0) is 0 Å². The Morgan fingerprint density at radius 1 is 1.57 bits per heavy atom. The van der Waals surface area contributed by atoms with Gasteiger partial charge in [-0.25, -0.2) is 0 Å². The number of amides is 1. The van der Waals surface area contributed by atoms with Crippen LogP contribution in [0.5, 0.6) is 0 Å². The van der Waals surface area contributed by atoms with E-state index >= 15 is 0 Å². The van der Waals surface area contributed by atoms with Crippen LogP contribution >= 0.6 is 11.6 Å². The van der Waals surface area contributed by atoms with Crippen molar-refractivity contribution in [3.63, 3.8) is 0 Å². The van der Waals surface area contributed by atoms with Gasteiger partial charge in [0.05, 0.1) is 4.92 Å². The summed E-state index contributed by atoms with van der Waals surface area (Å²) in [5, 5.41) is 11.4. The van der Waals surface area contributed by atoms with E-state index in [1.54, 1.807) is 0 Å². The molecule has 7 heteroatoms. The van der Waals surface area contributed by atoms with E-state index in [0.29, 0.717) is 0 Å². The summed E-state index contributed by atoms with van der Waals surface area (Å²) in [5.41, 5.74) is -0.592. The maximum Gasteiger partial charge on any atom is 0.318 e. The van der Waals surface area contributed by atoms with Crippen molar-refractivity contribution in [1.29, 1.82) is 0 Å². The molecule has 0 fully saturated rings. The first-order valence-corrected chi connectivity index (χ1v) is 3.79. The maximum absolute atomic E-state index is 12.9. The molecular formula is C7H4ClFN2O3. The van der Waals surface area contributed by atoms with Gasteiger partial charge in [0.2, 0.25) is 5.82 Å². The third-order valence-electron chi connectivity index (χ3n) is 1.39. The molecule has 0 aliphatic rings. The normalized spacial score (nSPS) is 9.57. The highest BCUT2D eigenvalue weighted by molar-refractivity contribution is 6.65. The Balaban J connectivity index is 3.00. The second-order valence-corrected chi connectivity index (χ2v) is 2.67. The lowest BCUT2D eigenvalue weighted by Crippen LogP contribution is -2.02. The van der Waals surface area contributed by atoms with Gasteiger partial charge in [-0.15, -0.1) is 0 Å². The summed E-state index contributed by atoms with van der Waals surface area (Å²) < 4.78 is 12.9. The van der Waals surface area contributed by atoms with Gasteiger partial charge in [-0.3, -0.25) is 14.9 Å². The topological polar surface area (TPSA) is 72.2 Å². The number of hydrogen-bond acceptors (Lipinski definition) is 3. The highest BCUT2D eigenvalue weighted by atomic mass is 35.5. The Kier molecular flexibility index (Phi) is 2.98. The van der Waals surface area contributed by atoms with Gasteiger partial charge in [-0.2, -0.15) is 4.39 Å². The maximum atomic E-state index is 12.9. The minimum atomic E-state index is -1.03. The zero-order valence-electron chi connectivity index (χ0n) is 6.66. The van der Waals surface area contributed by atoms with Gasteiger partial charge < -0.3 is 5.32 Å². The molecule has 0 radical (unpaired) electrons. The Labute approximate surface area is 82.6 Å². The van der Waals surface area contributed by atoms with E-state index in [0.717, 1.165) is 12.1 Å². The molecule has 0 aromatic heterocycles. The van der Waals surface area contributed by atoms with Crippen molar-refractivity contribution in [3.8, 4) is 0 Å². The van der Waals surface area contributed by atoms with Crippen LogP contribution in [-0.4, -0.2) is 10.3 Å². The molecule has 0 spiro atoms. The van der Waals surface area contributed by atoms with E-state index in [2.05, 4.69) is 5.32 Å². The highest BCUT2D eigenvalue weighted by Crippen LogP contribution is 2.20. The average molecular weight is 219 g/mol. The molecular weight excluding hydrogens is 215 g/mol. The summed E-state index contributed by atoms with van der Waals surface area (Å²) in [6, 6.07) is 2.94. The van der Waals surface area contributed by atoms with Gasteiger partial charge >= 0.3 is 11.1 Å². The predicted octanol–water partition coefficient (Wildman–Crippen LogP) is 2.50. The summed E-state index contributed by atoms with van der Waals surface area (Å²) in [5.74, 6) is -1.03. The minimum absolute atomic E-state index is 0.0631. The van der Waals surface area contributed by atoms with E-state index in [9.17, 15) is 19.3 Å². The van der Waals surface area contributed by atoms with Gasteiger partial charge in [-0.05, 0) is 17.7 Å². The third-order valence-corrected chi connectivity index (χ3v) is 1.48. The first-order chi connectivity index (χ1) is 6.50. The fourth-order valence-electron chi connectivity index (χ4n) is 0.846. The van der Waals surface area contributed by atoms with Gasteiger partial charge in [0.25, 0.3) is 0 Å². The Hall–Kier alpha value is -1.69. The van der Waals surface area contributed by atoms with E-state index < -0.39 is 21.8 Å². The first kappa shape index (κ1) is 10.4. The second-order valence-electron chi connectivity index (χ2n) is 2.32. The van der Waals surface area contributed by atoms with Crippen LogP contribution < -0.4 is 5.32 Å². The minimum Gasteiger partial charge on any atom is -0.312 e. The summed E-state index contributed by atoms with van der Waals surface area (Å²) in [7, 11) is 0. The number of nitro benzene ring substituents is 1. The van der Waals surface area contributed by atoms with Crippen molar-refractivity contribution in [2.45, 2.75) is 0 Å². The number of carbonyl (C=O) groups is 1. The highest BCUT2D eigenvalue weighted by Gasteiger charge is 2.13. The van der Waals surface area contributed by atoms with Crippen LogP contribution in [0.3, 0.4) is 0 Å². The van der Waals surface area contributed by atoms with E-state index in [-0.39, 0.29) is 5.69 Å². The predicted molar refractivity (Wildman–Crippen MR) is 47.9 cm³/mol.